The Morgan fingerprint density at radius 3 is 2.38 bits per heavy atom. The lowest BCUT2D eigenvalue weighted by atomic mass is 9.85. The number of rotatable bonds is 1. The second-order valence-corrected chi connectivity index (χ2v) is 5.54. The van der Waals surface area contributed by atoms with Crippen molar-refractivity contribution in [2.75, 3.05) is 0 Å². The molecule has 0 aliphatic heterocycles. The van der Waals surface area contributed by atoms with E-state index in [0.29, 0.717) is 5.92 Å². The van der Waals surface area contributed by atoms with Crippen molar-refractivity contribution in [3.05, 3.63) is 0 Å². The van der Waals surface area contributed by atoms with E-state index in [1.807, 2.05) is 6.92 Å². The summed E-state index contributed by atoms with van der Waals surface area (Å²) in [5.74, 6) is 6.92. The minimum Gasteiger partial charge on any atom is -0.411 e. The third-order valence-electron chi connectivity index (χ3n) is 5.50. The van der Waals surface area contributed by atoms with E-state index in [4.69, 9.17) is 5.21 Å². The van der Waals surface area contributed by atoms with Gasteiger partial charge in [-0.25, -0.2) is 0 Å². The zero-order valence-corrected chi connectivity index (χ0v) is 7.85. The molecule has 6 bridgehead atoms. The number of nitrogens with zero attached hydrogens (tertiary/aromatic N) is 1. The molecule has 0 heterocycles. The molecule has 0 amide bonds. The van der Waals surface area contributed by atoms with Crippen molar-refractivity contribution in [3.8, 4) is 0 Å². The average molecular weight is 177 g/mol. The zero-order valence-electron chi connectivity index (χ0n) is 7.85. The SMILES string of the molecule is CC(=NO)C1CC2C3CC4C2C4C13. The molecule has 7 unspecified atom stereocenters. The van der Waals surface area contributed by atoms with Gasteiger partial charge in [-0.2, -0.15) is 0 Å². The fourth-order valence-corrected chi connectivity index (χ4v) is 5.26. The minimum atomic E-state index is 0.647. The summed E-state index contributed by atoms with van der Waals surface area (Å²) in [5, 5.41) is 12.2. The Morgan fingerprint density at radius 2 is 1.85 bits per heavy atom. The molecule has 0 radical (unpaired) electrons. The second-order valence-electron chi connectivity index (χ2n) is 5.54. The smallest absolute Gasteiger partial charge is 0.0573 e. The Labute approximate surface area is 78.0 Å². The molecule has 2 heteroatoms. The Morgan fingerprint density at radius 1 is 1.08 bits per heavy atom. The van der Waals surface area contributed by atoms with E-state index in [0.717, 1.165) is 41.2 Å². The van der Waals surface area contributed by atoms with Gasteiger partial charge in [0.15, 0.2) is 0 Å². The van der Waals surface area contributed by atoms with E-state index in [1.54, 1.807) is 0 Å². The van der Waals surface area contributed by atoms with Crippen molar-refractivity contribution in [3.63, 3.8) is 0 Å². The van der Waals surface area contributed by atoms with Gasteiger partial charge in [-0.1, -0.05) is 5.16 Å². The third-order valence-corrected chi connectivity index (χ3v) is 5.50. The molecule has 5 aliphatic rings. The molecule has 0 saturated heterocycles. The van der Waals surface area contributed by atoms with Crippen LogP contribution in [0.15, 0.2) is 5.16 Å². The summed E-state index contributed by atoms with van der Waals surface area (Å²) in [7, 11) is 0. The molecule has 7 atom stereocenters. The van der Waals surface area contributed by atoms with Gasteiger partial charge in [-0.15, -0.1) is 0 Å². The first-order valence-corrected chi connectivity index (χ1v) is 5.51. The number of hydrogen-bond donors (Lipinski definition) is 1. The highest BCUT2D eigenvalue weighted by Gasteiger charge is 2.77. The van der Waals surface area contributed by atoms with Crippen LogP contribution in [0.3, 0.4) is 0 Å². The average Bonchev–Trinajstić information content (AvgIpc) is 2.59. The van der Waals surface area contributed by atoms with Crippen molar-refractivity contribution in [2.24, 2.45) is 46.6 Å². The molecule has 1 N–H and O–H groups in total. The summed E-state index contributed by atoms with van der Waals surface area (Å²) in [5.41, 5.74) is 1.00. The van der Waals surface area contributed by atoms with Crippen LogP contribution in [0.25, 0.3) is 0 Å². The summed E-state index contributed by atoms with van der Waals surface area (Å²) in [4.78, 5) is 0. The maximum absolute atomic E-state index is 8.81. The summed E-state index contributed by atoms with van der Waals surface area (Å²) in [6.45, 7) is 2.00. The van der Waals surface area contributed by atoms with E-state index in [2.05, 4.69) is 5.16 Å². The van der Waals surface area contributed by atoms with Gasteiger partial charge in [0.05, 0.1) is 5.71 Å². The highest BCUT2D eigenvalue weighted by atomic mass is 16.4. The molecule has 5 fully saturated rings. The third kappa shape index (κ3) is 0.544. The second kappa shape index (κ2) is 1.79. The first kappa shape index (κ1) is 6.86. The van der Waals surface area contributed by atoms with Crippen molar-refractivity contribution in [2.45, 2.75) is 19.8 Å². The van der Waals surface area contributed by atoms with Crippen LogP contribution in [0.1, 0.15) is 19.8 Å². The molecule has 0 aromatic rings. The summed E-state index contributed by atoms with van der Waals surface area (Å²) in [6.07, 6.45) is 2.85. The molecule has 5 aliphatic carbocycles. The van der Waals surface area contributed by atoms with Crippen molar-refractivity contribution < 1.29 is 5.21 Å². The highest BCUT2D eigenvalue weighted by Crippen LogP contribution is 2.82. The molecule has 13 heavy (non-hydrogen) atoms. The minimum absolute atomic E-state index is 0.647. The number of hydrogen-bond acceptors (Lipinski definition) is 2. The van der Waals surface area contributed by atoms with Crippen LogP contribution < -0.4 is 0 Å². The van der Waals surface area contributed by atoms with Gasteiger partial charge in [0.2, 0.25) is 0 Å². The van der Waals surface area contributed by atoms with Crippen molar-refractivity contribution in [1.29, 1.82) is 0 Å². The quantitative estimate of drug-likeness (QED) is 0.371. The predicted octanol–water partition coefficient (Wildman–Crippen LogP) is 1.98. The molecular formula is C11H15NO. The van der Waals surface area contributed by atoms with Gasteiger partial charge in [0.1, 0.15) is 0 Å². The maximum atomic E-state index is 8.81. The topological polar surface area (TPSA) is 32.6 Å². The van der Waals surface area contributed by atoms with Gasteiger partial charge in [0.25, 0.3) is 0 Å². The van der Waals surface area contributed by atoms with E-state index in [-0.39, 0.29) is 0 Å². The van der Waals surface area contributed by atoms with Crippen LogP contribution in [0.5, 0.6) is 0 Å². The van der Waals surface area contributed by atoms with Gasteiger partial charge >= 0.3 is 0 Å². The first-order chi connectivity index (χ1) is 6.33. The lowest BCUT2D eigenvalue weighted by molar-refractivity contribution is 0.304. The Hall–Kier alpha value is -0.530. The summed E-state index contributed by atoms with van der Waals surface area (Å²) in [6, 6.07) is 0. The van der Waals surface area contributed by atoms with Crippen LogP contribution >= 0.6 is 0 Å². The van der Waals surface area contributed by atoms with Gasteiger partial charge in [0, 0.05) is 5.92 Å². The van der Waals surface area contributed by atoms with Crippen LogP contribution in [-0.2, 0) is 0 Å². The van der Waals surface area contributed by atoms with Crippen LogP contribution in [0.4, 0.5) is 0 Å². The Balaban J connectivity index is 1.73. The fraction of sp³-hybridized carbons (Fsp3) is 0.909. The largest absolute Gasteiger partial charge is 0.411 e. The van der Waals surface area contributed by atoms with E-state index in [9.17, 15) is 0 Å². The van der Waals surface area contributed by atoms with Crippen LogP contribution in [-0.4, -0.2) is 10.9 Å². The highest BCUT2D eigenvalue weighted by molar-refractivity contribution is 5.85. The Kier molecular flexibility index (Phi) is 0.946. The standard InChI is InChI=1S/C11H15NO/c1-4(12-13)5-2-6-7-3-8-10(6)11(8)9(5)7/h5-11,13H,2-3H2,1H3. The predicted molar refractivity (Wildman–Crippen MR) is 48.6 cm³/mol. The lowest BCUT2D eigenvalue weighted by Crippen LogP contribution is -2.20. The zero-order chi connectivity index (χ0) is 8.74. The lowest BCUT2D eigenvalue weighted by Gasteiger charge is -2.20. The summed E-state index contributed by atoms with van der Waals surface area (Å²) < 4.78 is 0. The Bertz CT molecular complexity index is 311. The van der Waals surface area contributed by atoms with Crippen LogP contribution in [0.2, 0.25) is 0 Å². The molecule has 0 aromatic heterocycles. The van der Waals surface area contributed by atoms with E-state index >= 15 is 0 Å². The van der Waals surface area contributed by atoms with E-state index < -0.39 is 0 Å². The van der Waals surface area contributed by atoms with E-state index in [1.165, 1.54) is 12.8 Å². The maximum Gasteiger partial charge on any atom is 0.0573 e. The molecule has 5 rings (SSSR count). The van der Waals surface area contributed by atoms with Gasteiger partial charge in [-0.05, 0) is 55.3 Å². The van der Waals surface area contributed by atoms with Crippen LogP contribution in [0, 0.1) is 41.4 Å². The molecule has 70 valence electrons. The van der Waals surface area contributed by atoms with Crippen molar-refractivity contribution >= 4 is 5.71 Å². The van der Waals surface area contributed by atoms with Gasteiger partial charge < -0.3 is 5.21 Å². The summed E-state index contributed by atoms with van der Waals surface area (Å²) >= 11 is 0. The normalized spacial score (nSPS) is 66.2. The van der Waals surface area contributed by atoms with Crippen molar-refractivity contribution in [1.82, 2.24) is 0 Å². The number of oxime groups is 1. The molecule has 2 nitrogen and oxygen atoms in total. The monoisotopic (exact) mass is 177 g/mol. The molecule has 0 spiro atoms. The van der Waals surface area contributed by atoms with Gasteiger partial charge in [-0.3, -0.25) is 0 Å². The molecular weight excluding hydrogens is 162 g/mol. The first-order valence-electron chi connectivity index (χ1n) is 5.51. The fourth-order valence-electron chi connectivity index (χ4n) is 5.26. The molecule has 5 saturated carbocycles. The molecule has 0 aromatic carbocycles.